The van der Waals surface area contributed by atoms with Gasteiger partial charge in [-0.3, -0.25) is 4.79 Å². The van der Waals surface area contributed by atoms with Crippen LogP contribution < -0.4 is 10.6 Å². The van der Waals surface area contributed by atoms with Crippen LogP contribution >= 0.6 is 15.9 Å². The molecule has 2 N–H and O–H groups in total. The number of anilines is 1. The molecule has 4 heteroatoms. The molecule has 2 aromatic carbocycles. The monoisotopic (exact) mass is 346 g/mol. The lowest BCUT2D eigenvalue weighted by atomic mass is 10.1. The Morgan fingerprint density at radius 3 is 2.62 bits per heavy atom. The molecule has 0 unspecified atom stereocenters. The van der Waals surface area contributed by atoms with E-state index in [1.807, 2.05) is 43.3 Å². The van der Waals surface area contributed by atoms with Crippen LogP contribution in [0.25, 0.3) is 0 Å². The van der Waals surface area contributed by atoms with Gasteiger partial charge in [0, 0.05) is 10.2 Å². The van der Waals surface area contributed by atoms with Crippen molar-refractivity contribution in [2.75, 3.05) is 18.4 Å². The van der Waals surface area contributed by atoms with Crippen LogP contribution in [0.5, 0.6) is 0 Å². The number of halogens is 1. The fourth-order valence-electron chi connectivity index (χ4n) is 2.04. The largest absolute Gasteiger partial charge is 0.325 e. The molecule has 1 amide bonds. The molecule has 110 valence electrons. The third kappa shape index (κ3) is 5.33. The Kier molecular flexibility index (Phi) is 5.96. The molecule has 0 fully saturated rings. The van der Waals surface area contributed by atoms with E-state index in [1.165, 1.54) is 5.56 Å². The Hall–Kier alpha value is -1.65. The second kappa shape index (κ2) is 7.96. The molecule has 0 aromatic heterocycles. The van der Waals surface area contributed by atoms with Gasteiger partial charge in [0.05, 0.1) is 6.54 Å². The average molecular weight is 347 g/mol. The van der Waals surface area contributed by atoms with Crippen LogP contribution in [0.4, 0.5) is 5.69 Å². The number of aryl methyl sites for hydroxylation is 1. The third-order valence-electron chi connectivity index (χ3n) is 3.18. The number of amides is 1. The van der Waals surface area contributed by atoms with Gasteiger partial charge in [-0.15, -0.1) is 0 Å². The first-order chi connectivity index (χ1) is 10.1. The van der Waals surface area contributed by atoms with Gasteiger partial charge in [-0.1, -0.05) is 46.3 Å². The summed E-state index contributed by atoms with van der Waals surface area (Å²) in [5.41, 5.74) is 3.17. The highest BCUT2D eigenvalue weighted by Gasteiger charge is 2.04. The smallest absolute Gasteiger partial charge is 0.238 e. The molecule has 0 bridgehead atoms. The van der Waals surface area contributed by atoms with Crippen molar-refractivity contribution in [2.24, 2.45) is 0 Å². The van der Waals surface area contributed by atoms with Crippen LogP contribution in [-0.4, -0.2) is 19.0 Å². The minimum atomic E-state index is -0.0199. The van der Waals surface area contributed by atoms with Crippen LogP contribution in [0.1, 0.15) is 11.1 Å². The zero-order valence-electron chi connectivity index (χ0n) is 12.0. The van der Waals surface area contributed by atoms with Gasteiger partial charge in [-0.2, -0.15) is 0 Å². The van der Waals surface area contributed by atoms with Gasteiger partial charge in [0.15, 0.2) is 0 Å². The number of carbonyl (C=O) groups is 1. The van der Waals surface area contributed by atoms with E-state index in [2.05, 4.69) is 38.7 Å². The van der Waals surface area contributed by atoms with Crippen LogP contribution in [0.15, 0.2) is 53.0 Å². The lowest BCUT2D eigenvalue weighted by Crippen LogP contribution is -2.29. The van der Waals surface area contributed by atoms with Gasteiger partial charge in [-0.05, 0) is 49.2 Å². The maximum Gasteiger partial charge on any atom is 0.238 e. The van der Waals surface area contributed by atoms with E-state index in [0.717, 1.165) is 28.7 Å². The van der Waals surface area contributed by atoms with Gasteiger partial charge < -0.3 is 10.6 Å². The van der Waals surface area contributed by atoms with Crippen molar-refractivity contribution in [1.29, 1.82) is 0 Å². The van der Waals surface area contributed by atoms with E-state index in [-0.39, 0.29) is 5.91 Å². The first-order valence-corrected chi connectivity index (χ1v) is 7.75. The van der Waals surface area contributed by atoms with Crippen LogP contribution in [0.3, 0.4) is 0 Å². The average Bonchev–Trinajstić information content (AvgIpc) is 2.48. The quantitative estimate of drug-likeness (QED) is 0.785. The second-order valence-electron chi connectivity index (χ2n) is 4.92. The lowest BCUT2D eigenvalue weighted by Gasteiger charge is -2.09. The number of hydrogen-bond donors (Lipinski definition) is 2. The van der Waals surface area contributed by atoms with E-state index in [4.69, 9.17) is 0 Å². The van der Waals surface area contributed by atoms with Crippen molar-refractivity contribution < 1.29 is 4.79 Å². The summed E-state index contributed by atoms with van der Waals surface area (Å²) >= 11 is 3.41. The Bertz CT molecular complexity index is 599. The van der Waals surface area contributed by atoms with Crippen molar-refractivity contribution in [3.8, 4) is 0 Å². The molecule has 0 saturated carbocycles. The Morgan fingerprint density at radius 1 is 1.14 bits per heavy atom. The predicted molar refractivity (Wildman–Crippen MR) is 90.5 cm³/mol. The summed E-state index contributed by atoms with van der Waals surface area (Å²) in [6.45, 7) is 3.09. The number of hydrogen-bond acceptors (Lipinski definition) is 2. The fourth-order valence-corrected chi connectivity index (χ4v) is 2.52. The number of benzene rings is 2. The van der Waals surface area contributed by atoms with Gasteiger partial charge in [0.1, 0.15) is 0 Å². The van der Waals surface area contributed by atoms with Crippen molar-refractivity contribution in [3.05, 3.63) is 64.1 Å². The van der Waals surface area contributed by atoms with Crippen molar-refractivity contribution in [3.63, 3.8) is 0 Å². The highest BCUT2D eigenvalue weighted by molar-refractivity contribution is 9.10. The summed E-state index contributed by atoms with van der Waals surface area (Å²) in [5, 5.41) is 6.08. The van der Waals surface area contributed by atoms with Gasteiger partial charge in [-0.25, -0.2) is 0 Å². The SMILES string of the molecule is Cc1cc(Br)ccc1NC(=O)CNCCc1ccccc1. The normalized spacial score (nSPS) is 10.4. The summed E-state index contributed by atoms with van der Waals surface area (Å²) in [6.07, 6.45) is 0.922. The molecule has 0 aliphatic rings. The first kappa shape index (κ1) is 15.7. The Labute approximate surface area is 133 Å². The molecule has 0 aliphatic heterocycles. The molecule has 3 nitrogen and oxygen atoms in total. The molecule has 0 atom stereocenters. The number of nitrogens with one attached hydrogen (secondary N) is 2. The first-order valence-electron chi connectivity index (χ1n) is 6.96. The van der Waals surface area contributed by atoms with E-state index >= 15 is 0 Å². The van der Waals surface area contributed by atoms with Crippen LogP contribution in [0, 0.1) is 6.92 Å². The van der Waals surface area contributed by atoms with Crippen molar-refractivity contribution >= 4 is 27.5 Å². The van der Waals surface area contributed by atoms with Crippen molar-refractivity contribution in [2.45, 2.75) is 13.3 Å². The molecule has 0 radical (unpaired) electrons. The summed E-state index contributed by atoms with van der Waals surface area (Å²) in [7, 11) is 0. The van der Waals surface area contributed by atoms with Gasteiger partial charge in [0.2, 0.25) is 5.91 Å². The van der Waals surface area contributed by atoms with E-state index in [1.54, 1.807) is 0 Å². The highest BCUT2D eigenvalue weighted by atomic mass is 79.9. The van der Waals surface area contributed by atoms with E-state index in [0.29, 0.717) is 6.54 Å². The molecule has 0 heterocycles. The molecule has 2 rings (SSSR count). The minimum Gasteiger partial charge on any atom is -0.325 e. The zero-order valence-corrected chi connectivity index (χ0v) is 13.6. The van der Waals surface area contributed by atoms with E-state index in [9.17, 15) is 4.79 Å². The molecular formula is C17H19BrN2O. The molecule has 2 aromatic rings. The maximum absolute atomic E-state index is 11.9. The van der Waals surface area contributed by atoms with Crippen LogP contribution in [-0.2, 0) is 11.2 Å². The topological polar surface area (TPSA) is 41.1 Å². The Morgan fingerprint density at radius 2 is 1.90 bits per heavy atom. The van der Waals surface area contributed by atoms with Gasteiger partial charge in [0.25, 0.3) is 0 Å². The Balaban J connectivity index is 1.72. The molecule has 0 aliphatic carbocycles. The summed E-state index contributed by atoms with van der Waals surface area (Å²) in [5.74, 6) is -0.0199. The minimum absolute atomic E-state index is 0.0199. The van der Waals surface area contributed by atoms with E-state index < -0.39 is 0 Å². The predicted octanol–water partition coefficient (Wildman–Crippen LogP) is 3.53. The maximum atomic E-state index is 11.9. The number of rotatable bonds is 6. The zero-order chi connectivity index (χ0) is 15.1. The van der Waals surface area contributed by atoms with Gasteiger partial charge >= 0.3 is 0 Å². The summed E-state index contributed by atoms with van der Waals surface area (Å²) in [4.78, 5) is 11.9. The van der Waals surface area contributed by atoms with Crippen LogP contribution in [0.2, 0.25) is 0 Å². The fraction of sp³-hybridized carbons (Fsp3) is 0.235. The summed E-state index contributed by atoms with van der Waals surface area (Å²) < 4.78 is 1.01. The lowest BCUT2D eigenvalue weighted by molar-refractivity contribution is -0.115. The highest BCUT2D eigenvalue weighted by Crippen LogP contribution is 2.19. The van der Waals surface area contributed by atoms with Crippen molar-refractivity contribution in [1.82, 2.24) is 5.32 Å². The molecule has 21 heavy (non-hydrogen) atoms. The molecule has 0 spiro atoms. The second-order valence-corrected chi connectivity index (χ2v) is 5.84. The molecule has 0 saturated heterocycles. The summed E-state index contributed by atoms with van der Waals surface area (Å²) in [6, 6.07) is 16.0. The number of carbonyl (C=O) groups excluding carboxylic acids is 1. The molecular weight excluding hydrogens is 328 g/mol. The third-order valence-corrected chi connectivity index (χ3v) is 3.67. The standard InChI is InChI=1S/C17H19BrN2O/c1-13-11-15(18)7-8-16(13)20-17(21)12-19-10-9-14-5-3-2-4-6-14/h2-8,11,19H,9-10,12H2,1H3,(H,20,21).